The number of ether oxygens (including phenoxy) is 1. The fourth-order valence-corrected chi connectivity index (χ4v) is 6.17. The summed E-state index contributed by atoms with van der Waals surface area (Å²) in [5.74, 6) is 0.810. The number of hydrogen-bond donors (Lipinski definition) is 0. The van der Waals surface area contributed by atoms with E-state index in [4.69, 9.17) is 9.73 Å². The van der Waals surface area contributed by atoms with Crippen LogP contribution in [0.1, 0.15) is 55.7 Å². The lowest BCUT2D eigenvalue weighted by atomic mass is 9.94. The van der Waals surface area contributed by atoms with E-state index in [1.54, 1.807) is 0 Å². The van der Waals surface area contributed by atoms with E-state index in [1.165, 1.54) is 23.7 Å². The van der Waals surface area contributed by atoms with Gasteiger partial charge < -0.3 is 4.74 Å². The van der Waals surface area contributed by atoms with Gasteiger partial charge >= 0.3 is 0 Å². The first kappa shape index (κ1) is 25.8. The van der Waals surface area contributed by atoms with Crippen molar-refractivity contribution in [2.75, 3.05) is 0 Å². The summed E-state index contributed by atoms with van der Waals surface area (Å²) in [7, 11) is 0. The standard InChI is InChI=1S/C31H31BrN2O2S/c1-2-23-10-6-8-14-27(23)33-31-34(26-12-4-3-5-13-26)30(35)29(37-31)20-24-11-7-9-15-28(24)36-21-22-16-18-25(32)19-17-22/h6-11,14-20,26H,2-5,12-13,21H2,1H3/b29-20+,33-31?. The molecule has 3 aromatic carbocycles. The Morgan fingerprint density at radius 3 is 2.51 bits per heavy atom. The predicted molar refractivity (Wildman–Crippen MR) is 157 cm³/mol. The molecule has 3 aromatic rings. The number of amidine groups is 1. The quantitative estimate of drug-likeness (QED) is 0.265. The summed E-state index contributed by atoms with van der Waals surface area (Å²) in [5.41, 5.74) is 4.12. The molecule has 190 valence electrons. The zero-order chi connectivity index (χ0) is 25.6. The second kappa shape index (κ2) is 12.1. The highest BCUT2D eigenvalue weighted by Crippen LogP contribution is 2.39. The number of halogens is 1. The van der Waals surface area contributed by atoms with Gasteiger partial charge in [0.05, 0.1) is 10.6 Å². The van der Waals surface area contributed by atoms with Crippen LogP contribution in [0.15, 0.2) is 87.2 Å². The molecule has 1 amide bonds. The molecule has 37 heavy (non-hydrogen) atoms. The lowest BCUT2D eigenvalue weighted by Crippen LogP contribution is -2.40. The molecule has 6 heteroatoms. The maximum absolute atomic E-state index is 13.8. The first-order valence-corrected chi connectivity index (χ1v) is 14.6. The van der Waals surface area contributed by atoms with Gasteiger partial charge in [-0.05, 0) is 72.5 Å². The van der Waals surface area contributed by atoms with Crippen molar-refractivity contribution in [3.8, 4) is 5.75 Å². The number of rotatable bonds is 7. The maximum Gasteiger partial charge on any atom is 0.267 e. The third-order valence-electron chi connectivity index (χ3n) is 6.88. The maximum atomic E-state index is 13.8. The normalized spacial score (nSPS) is 18.6. The number of hydrogen-bond acceptors (Lipinski definition) is 4. The molecule has 0 radical (unpaired) electrons. The molecule has 1 saturated heterocycles. The Hall–Kier alpha value is -2.83. The van der Waals surface area contributed by atoms with Crippen molar-refractivity contribution in [3.63, 3.8) is 0 Å². The van der Waals surface area contributed by atoms with Crippen molar-refractivity contribution in [2.45, 2.75) is 58.1 Å². The number of aliphatic imine (C=N–C) groups is 1. The van der Waals surface area contributed by atoms with Crippen LogP contribution in [0.25, 0.3) is 6.08 Å². The van der Waals surface area contributed by atoms with Crippen molar-refractivity contribution in [3.05, 3.63) is 98.9 Å². The highest BCUT2D eigenvalue weighted by Gasteiger charge is 2.38. The number of carbonyl (C=O) groups excluding carboxylic acids is 1. The average Bonchev–Trinajstić information content (AvgIpc) is 3.24. The van der Waals surface area contributed by atoms with Gasteiger partial charge in [-0.1, -0.05) is 90.6 Å². The van der Waals surface area contributed by atoms with Crippen LogP contribution in [0.2, 0.25) is 0 Å². The molecule has 0 aromatic heterocycles. The van der Waals surface area contributed by atoms with Crippen LogP contribution in [0, 0.1) is 0 Å². The average molecular weight is 576 g/mol. The van der Waals surface area contributed by atoms with Crippen LogP contribution in [-0.2, 0) is 17.8 Å². The molecule has 0 atom stereocenters. The molecular formula is C31H31BrN2O2S. The Morgan fingerprint density at radius 1 is 1.00 bits per heavy atom. The second-order valence-electron chi connectivity index (χ2n) is 9.41. The van der Waals surface area contributed by atoms with Crippen LogP contribution >= 0.6 is 27.7 Å². The van der Waals surface area contributed by atoms with Crippen LogP contribution < -0.4 is 4.74 Å². The summed E-state index contributed by atoms with van der Waals surface area (Å²) in [4.78, 5) is 21.5. The van der Waals surface area contributed by atoms with Gasteiger partial charge in [-0.3, -0.25) is 9.69 Å². The number of benzene rings is 3. The first-order valence-electron chi connectivity index (χ1n) is 13.0. The van der Waals surface area contributed by atoms with E-state index < -0.39 is 0 Å². The number of nitrogens with zero attached hydrogens (tertiary/aromatic N) is 2. The molecule has 1 aliphatic heterocycles. The van der Waals surface area contributed by atoms with Crippen LogP contribution in [0.4, 0.5) is 5.69 Å². The minimum absolute atomic E-state index is 0.0485. The molecule has 0 bridgehead atoms. The number of carbonyl (C=O) groups is 1. The summed E-state index contributed by atoms with van der Waals surface area (Å²) < 4.78 is 7.22. The zero-order valence-electron chi connectivity index (χ0n) is 21.0. The Bertz CT molecular complexity index is 1310. The van der Waals surface area contributed by atoms with Crippen LogP contribution in [0.5, 0.6) is 5.75 Å². The highest BCUT2D eigenvalue weighted by atomic mass is 79.9. The number of thioether (sulfide) groups is 1. The number of para-hydroxylation sites is 2. The van der Waals surface area contributed by atoms with Gasteiger partial charge in [0.2, 0.25) is 0 Å². The number of amides is 1. The van der Waals surface area contributed by atoms with E-state index >= 15 is 0 Å². The van der Waals surface area contributed by atoms with Crippen molar-refractivity contribution in [1.29, 1.82) is 0 Å². The topological polar surface area (TPSA) is 41.9 Å². The van der Waals surface area contributed by atoms with Crippen molar-refractivity contribution >= 4 is 50.5 Å². The van der Waals surface area contributed by atoms with Gasteiger partial charge in [0.15, 0.2) is 5.17 Å². The minimum atomic E-state index is 0.0485. The molecule has 0 unspecified atom stereocenters. The van der Waals surface area contributed by atoms with Crippen molar-refractivity contribution in [1.82, 2.24) is 4.90 Å². The van der Waals surface area contributed by atoms with E-state index in [9.17, 15) is 4.79 Å². The summed E-state index contributed by atoms with van der Waals surface area (Å²) in [6.45, 7) is 2.60. The summed E-state index contributed by atoms with van der Waals surface area (Å²) in [5, 5.41) is 0.789. The molecule has 0 N–H and O–H groups in total. The Kier molecular flexibility index (Phi) is 8.47. The van der Waals surface area contributed by atoms with Gasteiger partial charge in [-0.25, -0.2) is 4.99 Å². The third kappa shape index (κ3) is 6.19. The smallest absolute Gasteiger partial charge is 0.267 e. The molecule has 1 heterocycles. The lowest BCUT2D eigenvalue weighted by molar-refractivity contribution is -0.124. The van der Waals surface area contributed by atoms with Crippen molar-refractivity contribution in [2.24, 2.45) is 4.99 Å². The fraction of sp³-hybridized carbons (Fsp3) is 0.290. The number of aryl methyl sites for hydroxylation is 1. The van der Waals surface area contributed by atoms with E-state index in [1.807, 2.05) is 77.7 Å². The van der Waals surface area contributed by atoms with Gasteiger partial charge in [-0.2, -0.15) is 0 Å². The van der Waals surface area contributed by atoms with Crippen molar-refractivity contribution < 1.29 is 9.53 Å². The zero-order valence-corrected chi connectivity index (χ0v) is 23.4. The Morgan fingerprint density at radius 2 is 1.73 bits per heavy atom. The van der Waals surface area contributed by atoms with E-state index in [0.29, 0.717) is 11.5 Å². The van der Waals surface area contributed by atoms with E-state index in [-0.39, 0.29) is 11.9 Å². The lowest BCUT2D eigenvalue weighted by Gasteiger charge is -2.30. The molecular weight excluding hydrogens is 544 g/mol. The second-order valence-corrected chi connectivity index (χ2v) is 11.3. The highest BCUT2D eigenvalue weighted by molar-refractivity contribution is 9.10. The molecule has 4 nitrogen and oxygen atoms in total. The Labute approximate surface area is 232 Å². The molecule has 2 aliphatic rings. The largest absolute Gasteiger partial charge is 0.488 e. The van der Waals surface area contributed by atoms with Crippen LogP contribution in [-0.4, -0.2) is 22.0 Å². The van der Waals surface area contributed by atoms with Gasteiger partial charge in [0, 0.05) is 16.1 Å². The summed E-state index contributed by atoms with van der Waals surface area (Å²) in [6.07, 6.45) is 8.48. The SMILES string of the molecule is CCc1ccccc1N=C1S/C(=C/c2ccccc2OCc2ccc(Br)cc2)C(=O)N1C1CCCCC1. The first-order chi connectivity index (χ1) is 18.1. The summed E-state index contributed by atoms with van der Waals surface area (Å²) >= 11 is 4.96. The third-order valence-corrected chi connectivity index (χ3v) is 8.39. The summed E-state index contributed by atoms with van der Waals surface area (Å²) in [6, 6.07) is 24.4. The van der Waals surface area contributed by atoms with E-state index in [2.05, 4.69) is 28.9 Å². The van der Waals surface area contributed by atoms with Gasteiger partial charge in [0.25, 0.3) is 5.91 Å². The minimum Gasteiger partial charge on any atom is -0.488 e. The Balaban J connectivity index is 1.45. The van der Waals surface area contributed by atoms with Gasteiger partial charge in [0.1, 0.15) is 12.4 Å². The van der Waals surface area contributed by atoms with Gasteiger partial charge in [-0.15, -0.1) is 0 Å². The molecule has 5 rings (SSSR count). The molecule has 1 aliphatic carbocycles. The molecule has 2 fully saturated rings. The molecule has 0 spiro atoms. The predicted octanol–water partition coefficient (Wildman–Crippen LogP) is 8.53. The fourth-order valence-electron chi connectivity index (χ4n) is 4.86. The molecule has 1 saturated carbocycles. The van der Waals surface area contributed by atoms with E-state index in [0.717, 1.165) is 64.3 Å². The van der Waals surface area contributed by atoms with Crippen LogP contribution in [0.3, 0.4) is 0 Å². The monoisotopic (exact) mass is 574 g/mol.